The zero-order chi connectivity index (χ0) is 20.1. The maximum atomic E-state index is 12.2. The molecular formula is C22H23N3O4. The minimum atomic E-state index is -0.608. The molecule has 2 aromatic heterocycles. The van der Waals surface area contributed by atoms with Crippen molar-refractivity contribution >= 4 is 5.91 Å². The number of pyridine rings is 1. The van der Waals surface area contributed by atoms with E-state index in [9.17, 15) is 9.90 Å². The number of benzene rings is 1. The van der Waals surface area contributed by atoms with Crippen LogP contribution in [0.2, 0.25) is 0 Å². The highest BCUT2D eigenvalue weighted by molar-refractivity contribution is 5.94. The lowest BCUT2D eigenvalue weighted by Gasteiger charge is -2.33. The molecule has 7 nitrogen and oxygen atoms in total. The Hall–Kier alpha value is -3.03. The Morgan fingerprint density at radius 3 is 2.76 bits per heavy atom. The number of hydrogen-bond donors (Lipinski definition) is 2. The van der Waals surface area contributed by atoms with Crippen LogP contribution in [0.3, 0.4) is 0 Å². The molecule has 3 heterocycles. The number of amides is 1. The molecule has 1 aliphatic rings. The van der Waals surface area contributed by atoms with Crippen LogP contribution in [0.5, 0.6) is 0 Å². The van der Waals surface area contributed by atoms with Crippen LogP contribution in [0.25, 0.3) is 11.5 Å². The van der Waals surface area contributed by atoms with Crippen molar-refractivity contribution in [3.05, 3.63) is 72.1 Å². The summed E-state index contributed by atoms with van der Waals surface area (Å²) >= 11 is 0. The molecule has 4 rings (SSSR count). The van der Waals surface area contributed by atoms with Crippen molar-refractivity contribution in [2.24, 2.45) is 0 Å². The van der Waals surface area contributed by atoms with E-state index in [1.807, 2.05) is 42.5 Å². The summed E-state index contributed by atoms with van der Waals surface area (Å²) < 4.78 is 11.4. The Bertz CT molecular complexity index is 930. The molecule has 0 bridgehead atoms. The summed E-state index contributed by atoms with van der Waals surface area (Å²) in [4.78, 5) is 16.5. The highest BCUT2D eigenvalue weighted by Crippen LogP contribution is 2.24. The molecule has 1 aromatic carbocycles. The van der Waals surface area contributed by atoms with E-state index in [1.54, 1.807) is 18.3 Å². The zero-order valence-electron chi connectivity index (χ0n) is 15.9. The standard InChI is InChI=1S/C22H23N3O4/c26-19-10-9-17(12-16-13-20(29-25-16)18-8-4-5-11-23-18)28-21(19)14-24-22(27)15-6-2-1-3-7-15/h1-8,11,13,17,19,21,26H,9-10,12,14H2,(H,24,27)/t17-,19-,21+/m0/s1. The van der Waals surface area contributed by atoms with Crippen LogP contribution in [0, 0.1) is 0 Å². The highest BCUT2D eigenvalue weighted by Gasteiger charge is 2.31. The molecule has 0 radical (unpaired) electrons. The number of ether oxygens (including phenoxy) is 1. The molecule has 2 N–H and O–H groups in total. The van der Waals surface area contributed by atoms with Gasteiger partial charge in [-0.15, -0.1) is 0 Å². The summed E-state index contributed by atoms with van der Waals surface area (Å²) in [5.41, 5.74) is 2.09. The maximum absolute atomic E-state index is 12.2. The third kappa shape index (κ3) is 4.88. The van der Waals surface area contributed by atoms with Crippen molar-refractivity contribution in [1.82, 2.24) is 15.5 Å². The monoisotopic (exact) mass is 393 g/mol. The van der Waals surface area contributed by atoms with Gasteiger partial charge in [0.15, 0.2) is 5.76 Å². The number of hydrogen-bond acceptors (Lipinski definition) is 6. The number of carbonyl (C=O) groups excluding carboxylic acids is 1. The van der Waals surface area contributed by atoms with Crippen LogP contribution < -0.4 is 5.32 Å². The maximum Gasteiger partial charge on any atom is 0.251 e. The van der Waals surface area contributed by atoms with Crippen molar-refractivity contribution in [2.45, 2.75) is 37.6 Å². The van der Waals surface area contributed by atoms with Crippen LogP contribution >= 0.6 is 0 Å². The van der Waals surface area contributed by atoms with Crippen molar-refractivity contribution in [3.8, 4) is 11.5 Å². The van der Waals surface area contributed by atoms with Crippen molar-refractivity contribution in [2.75, 3.05) is 6.54 Å². The Morgan fingerprint density at radius 1 is 1.14 bits per heavy atom. The van der Waals surface area contributed by atoms with Gasteiger partial charge in [-0.25, -0.2) is 0 Å². The Kier molecular flexibility index (Phi) is 5.97. The fraction of sp³-hybridized carbons (Fsp3) is 0.318. The molecule has 0 saturated carbocycles. The topological polar surface area (TPSA) is 97.5 Å². The van der Waals surface area contributed by atoms with Gasteiger partial charge in [0.1, 0.15) is 11.8 Å². The van der Waals surface area contributed by atoms with Gasteiger partial charge in [0.25, 0.3) is 5.91 Å². The molecule has 7 heteroatoms. The molecule has 0 aliphatic carbocycles. The largest absolute Gasteiger partial charge is 0.390 e. The lowest BCUT2D eigenvalue weighted by atomic mass is 9.98. The summed E-state index contributed by atoms with van der Waals surface area (Å²) in [5, 5.41) is 17.2. The molecule has 3 aromatic rings. The van der Waals surface area contributed by atoms with Gasteiger partial charge in [-0.3, -0.25) is 9.78 Å². The first-order chi connectivity index (χ1) is 14.2. The van der Waals surface area contributed by atoms with Gasteiger partial charge in [-0.05, 0) is 37.1 Å². The number of aliphatic hydroxyl groups excluding tert-OH is 1. The Labute approximate surface area is 168 Å². The lowest BCUT2D eigenvalue weighted by molar-refractivity contribution is -0.114. The van der Waals surface area contributed by atoms with E-state index in [0.29, 0.717) is 24.2 Å². The molecule has 1 amide bonds. The molecule has 0 spiro atoms. The van der Waals surface area contributed by atoms with Gasteiger partial charge in [-0.1, -0.05) is 29.4 Å². The second-order valence-electron chi connectivity index (χ2n) is 7.12. The van der Waals surface area contributed by atoms with E-state index >= 15 is 0 Å². The fourth-order valence-electron chi connectivity index (χ4n) is 3.44. The average molecular weight is 393 g/mol. The zero-order valence-corrected chi connectivity index (χ0v) is 15.9. The molecule has 0 unspecified atom stereocenters. The van der Waals surface area contributed by atoms with Gasteiger partial charge in [0, 0.05) is 30.8 Å². The minimum absolute atomic E-state index is 0.0984. The number of carbonyl (C=O) groups is 1. The van der Waals surface area contributed by atoms with Crippen LogP contribution in [-0.4, -0.2) is 46.0 Å². The number of nitrogens with zero attached hydrogens (tertiary/aromatic N) is 2. The Morgan fingerprint density at radius 2 is 1.97 bits per heavy atom. The Balaban J connectivity index is 1.33. The summed E-state index contributed by atoms with van der Waals surface area (Å²) in [5.74, 6) is 0.433. The highest BCUT2D eigenvalue weighted by atomic mass is 16.5. The number of nitrogens with one attached hydrogen (secondary N) is 1. The lowest BCUT2D eigenvalue weighted by Crippen LogP contribution is -2.46. The van der Waals surface area contributed by atoms with Crippen LogP contribution in [-0.2, 0) is 11.2 Å². The van der Waals surface area contributed by atoms with E-state index in [-0.39, 0.29) is 18.6 Å². The molecular weight excluding hydrogens is 370 g/mol. The number of aromatic nitrogens is 2. The van der Waals surface area contributed by atoms with Gasteiger partial charge >= 0.3 is 0 Å². The van der Waals surface area contributed by atoms with Crippen molar-refractivity contribution in [3.63, 3.8) is 0 Å². The summed E-state index contributed by atoms with van der Waals surface area (Å²) in [6, 6.07) is 16.5. The van der Waals surface area contributed by atoms with Gasteiger partial charge < -0.3 is 19.7 Å². The summed E-state index contributed by atoms with van der Waals surface area (Å²) in [6.07, 6.45) is 2.45. The smallest absolute Gasteiger partial charge is 0.251 e. The van der Waals surface area contributed by atoms with Gasteiger partial charge in [0.05, 0.1) is 17.9 Å². The third-order valence-electron chi connectivity index (χ3n) is 4.99. The second kappa shape index (κ2) is 8.98. The minimum Gasteiger partial charge on any atom is -0.390 e. The van der Waals surface area contributed by atoms with E-state index in [4.69, 9.17) is 9.26 Å². The predicted molar refractivity (Wildman–Crippen MR) is 106 cm³/mol. The first-order valence-electron chi connectivity index (χ1n) is 9.73. The number of rotatable bonds is 6. The SMILES string of the molecule is O=C(NC[C@H]1O[C@H](Cc2cc(-c3ccccn3)on2)CC[C@@H]1O)c1ccccc1. The fourth-order valence-corrected chi connectivity index (χ4v) is 3.44. The molecule has 1 saturated heterocycles. The predicted octanol–water partition coefficient (Wildman–Crippen LogP) is 2.62. The molecule has 3 atom stereocenters. The molecule has 1 aliphatic heterocycles. The van der Waals surface area contributed by atoms with Gasteiger partial charge in [0.2, 0.25) is 0 Å². The first-order valence-corrected chi connectivity index (χ1v) is 9.73. The van der Waals surface area contributed by atoms with Crippen LogP contribution in [0.1, 0.15) is 28.9 Å². The quantitative estimate of drug-likeness (QED) is 0.668. The molecule has 150 valence electrons. The van der Waals surface area contributed by atoms with E-state index in [2.05, 4.69) is 15.5 Å². The summed E-state index contributed by atoms with van der Waals surface area (Å²) in [6.45, 7) is 0.253. The molecule has 1 fully saturated rings. The van der Waals surface area contributed by atoms with Gasteiger partial charge in [-0.2, -0.15) is 0 Å². The van der Waals surface area contributed by atoms with E-state index in [1.165, 1.54) is 0 Å². The summed E-state index contributed by atoms with van der Waals surface area (Å²) in [7, 11) is 0. The van der Waals surface area contributed by atoms with Crippen molar-refractivity contribution in [1.29, 1.82) is 0 Å². The van der Waals surface area contributed by atoms with Crippen LogP contribution in [0.4, 0.5) is 0 Å². The second-order valence-corrected chi connectivity index (χ2v) is 7.12. The van der Waals surface area contributed by atoms with E-state index < -0.39 is 12.2 Å². The number of aliphatic hydroxyl groups is 1. The van der Waals surface area contributed by atoms with E-state index in [0.717, 1.165) is 17.8 Å². The van der Waals surface area contributed by atoms with Crippen molar-refractivity contribution < 1.29 is 19.2 Å². The first kappa shape index (κ1) is 19.3. The normalized spacial score (nSPS) is 21.6. The van der Waals surface area contributed by atoms with Crippen LogP contribution in [0.15, 0.2) is 65.3 Å². The third-order valence-corrected chi connectivity index (χ3v) is 4.99. The average Bonchev–Trinajstić information content (AvgIpc) is 3.23. The molecule has 29 heavy (non-hydrogen) atoms.